The molecule has 0 bridgehead atoms. The second kappa shape index (κ2) is 4.10. The predicted octanol–water partition coefficient (Wildman–Crippen LogP) is 3.79. The maximum absolute atomic E-state index is 13.7. The molecule has 2 rings (SSSR count). The molecule has 0 spiro atoms. The third-order valence-corrected chi connectivity index (χ3v) is 2.85. The largest absolute Gasteiger partial charge is 0.508 e. The van der Waals surface area contributed by atoms with Crippen LogP contribution < -0.4 is 0 Å². The number of benzene rings is 2. The molecule has 0 fully saturated rings. The molecule has 0 atom stereocenters. The van der Waals surface area contributed by atoms with Gasteiger partial charge in [-0.15, -0.1) is 6.42 Å². The molecule has 1 N–H and O–H groups in total. The van der Waals surface area contributed by atoms with Gasteiger partial charge in [0.1, 0.15) is 11.6 Å². The van der Waals surface area contributed by atoms with Gasteiger partial charge in [0, 0.05) is 16.3 Å². The summed E-state index contributed by atoms with van der Waals surface area (Å²) in [6, 6.07) is 5.99. The molecule has 0 aliphatic rings. The van der Waals surface area contributed by atoms with Crippen molar-refractivity contribution in [1.82, 2.24) is 0 Å². The Hall–Kier alpha value is -2.01. The van der Waals surface area contributed by atoms with Crippen molar-refractivity contribution in [3.05, 3.63) is 41.2 Å². The van der Waals surface area contributed by atoms with Gasteiger partial charge in [-0.1, -0.05) is 19.8 Å². The number of phenolic OH excluding ortho intramolecular Hbond substituents is 1. The quantitative estimate of drug-likeness (QED) is 0.736. The Bertz CT molecular complexity index is 621. The van der Waals surface area contributed by atoms with Gasteiger partial charge in [0.05, 0.1) is 0 Å². The van der Waals surface area contributed by atoms with Gasteiger partial charge in [-0.2, -0.15) is 0 Å². The molecule has 0 aliphatic heterocycles. The molecule has 86 valence electrons. The lowest BCUT2D eigenvalue weighted by atomic mass is 9.92. The first-order chi connectivity index (χ1) is 8.04. The third kappa shape index (κ3) is 1.85. The van der Waals surface area contributed by atoms with Gasteiger partial charge in [-0.05, 0) is 35.7 Å². The number of aromatic hydroxyl groups is 1. The van der Waals surface area contributed by atoms with Crippen LogP contribution in [0.3, 0.4) is 0 Å². The van der Waals surface area contributed by atoms with Gasteiger partial charge in [-0.3, -0.25) is 0 Å². The van der Waals surface area contributed by atoms with E-state index in [0.717, 1.165) is 10.9 Å². The van der Waals surface area contributed by atoms with Crippen LogP contribution in [0.5, 0.6) is 5.75 Å². The Balaban J connectivity index is 2.99. The van der Waals surface area contributed by atoms with E-state index in [1.54, 1.807) is 12.1 Å². The van der Waals surface area contributed by atoms with E-state index in [0.29, 0.717) is 10.9 Å². The Kier molecular flexibility index (Phi) is 2.77. The molecule has 0 radical (unpaired) electrons. The maximum Gasteiger partial charge on any atom is 0.131 e. The van der Waals surface area contributed by atoms with E-state index in [9.17, 15) is 9.50 Å². The van der Waals surface area contributed by atoms with Crippen LogP contribution >= 0.6 is 0 Å². The summed E-state index contributed by atoms with van der Waals surface area (Å²) in [7, 11) is 0. The number of hydrogen-bond acceptors (Lipinski definition) is 1. The molecular formula is C15H13FO. The zero-order valence-electron chi connectivity index (χ0n) is 9.79. The van der Waals surface area contributed by atoms with Crippen molar-refractivity contribution < 1.29 is 9.50 Å². The summed E-state index contributed by atoms with van der Waals surface area (Å²) in [5.74, 6) is 2.43. The number of fused-ring (bicyclic) bond motifs is 1. The Morgan fingerprint density at radius 2 is 2.00 bits per heavy atom. The van der Waals surface area contributed by atoms with E-state index < -0.39 is 0 Å². The lowest BCUT2D eigenvalue weighted by molar-refractivity contribution is 0.474. The molecule has 1 nitrogen and oxygen atoms in total. The minimum Gasteiger partial charge on any atom is -0.508 e. The van der Waals surface area contributed by atoms with E-state index in [2.05, 4.69) is 5.92 Å². The number of hydrogen-bond donors (Lipinski definition) is 1. The fourth-order valence-electron chi connectivity index (χ4n) is 2.04. The van der Waals surface area contributed by atoms with Crippen molar-refractivity contribution in [2.24, 2.45) is 0 Å². The van der Waals surface area contributed by atoms with E-state index in [1.807, 2.05) is 13.8 Å². The number of halogens is 1. The molecule has 17 heavy (non-hydrogen) atoms. The Labute approximate surface area is 99.9 Å². The average Bonchev–Trinajstić information content (AvgIpc) is 2.29. The minimum absolute atomic E-state index is 0.0641. The molecule has 0 saturated carbocycles. The molecule has 0 aromatic heterocycles. The van der Waals surface area contributed by atoms with Crippen LogP contribution in [-0.2, 0) is 0 Å². The molecule has 2 aromatic rings. The first-order valence-electron chi connectivity index (χ1n) is 5.46. The standard InChI is InChI=1S/C15H13FO/c1-4-10-5-6-14(16)13-8-11(17)7-12(9(2)3)15(10)13/h1,5-9,17H,2-3H3. The van der Waals surface area contributed by atoms with Crippen molar-refractivity contribution in [3.8, 4) is 18.1 Å². The SMILES string of the molecule is C#Cc1ccc(F)c2cc(O)cc(C(C)C)c12. The highest BCUT2D eigenvalue weighted by Crippen LogP contribution is 2.33. The topological polar surface area (TPSA) is 20.2 Å². The zero-order chi connectivity index (χ0) is 12.6. The summed E-state index contributed by atoms with van der Waals surface area (Å²) in [4.78, 5) is 0. The molecule has 0 amide bonds. The van der Waals surface area contributed by atoms with Crippen molar-refractivity contribution in [2.75, 3.05) is 0 Å². The molecule has 0 aliphatic carbocycles. The number of phenols is 1. The molecule has 2 heteroatoms. The van der Waals surface area contributed by atoms with Crippen molar-refractivity contribution >= 4 is 10.8 Å². The second-order valence-electron chi connectivity index (χ2n) is 4.35. The van der Waals surface area contributed by atoms with Crippen molar-refractivity contribution in [2.45, 2.75) is 19.8 Å². The lowest BCUT2D eigenvalue weighted by Gasteiger charge is -2.13. The van der Waals surface area contributed by atoms with Crippen molar-refractivity contribution in [3.63, 3.8) is 0 Å². The van der Waals surface area contributed by atoms with Gasteiger partial charge in [0.15, 0.2) is 0 Å². The lowest BCUT2D eigenvalue weighted by Crippen LogP contribution is -1.94. The number of terminal acetylenes is 1. The van der Waals surface area contributed by atoms with Gasteiger partial charge in [0.25, 0.3) is 0 Å². The second-order valence-corrected chi connectivity index (χ2v) is 4.35. The first kappa shape index (κ1) is 11.5. The highest BCUT2D eigenvalue weighted by Gasteiger charge is 2.13. The summed E-state index contributed by atoms with van der Waals surface area (Å²) in [5.41, 5.74) is 1.53. The van der Waals surface area contributed by atoms with Gasteiger partial charge in [0.2, 0.25) is 0 Å². The van der Waals surface area contributed by atoms with Crippen LogP contribution in [0.2, 0.25) is 0 Å². The third-order valence-electron chi connectivity index (χ3n) is 2.85. The van der Waals surface area contributed by atoms with Gasteiger partial charge in [-0.25, -0.2) is 4.39 Å². The van der Waals surface area contributed by atoms with E-state index in [1.165, 1.54) is 12.1 Å². The molecule has 2 aromatic carbocycles. The maximum atomic E-state index is 13.7. The van der Waals surface area contributed by atoms with E-state index >= 15 is 0 Å². The van der Waals surface area contributed by atoms with Crippen molar-refractivity contribution in [1.29, 1.82) is 0 Å². The minimum atomic E-state index is -0.364. The summed E-state index contributed by atoms with van der Waals surface area (Å²) in [5, 5.41) is 10.7. The monoisotopic (exact) mass is 228 g/mol. The smallest absolute Gasteiger partial charge is 0.131 e. The van der Waals surface area contributed by atoms with Crippen LogP contribution in [0.1, 0.15) is 30.9 Å². The predicted molar refractivity (Wildman–Crippen MR) is 67.6 cm³/mol. The fourth-order valence-corrected chi connectivity index (χ4v) is 2.04. The fraction of sp³-hybridized carbons (Fsp3) is 0.200. The van der Waals surface area contributed by atoms with Gasteiger partial charge >= 0.3 is 0 Å². The Morgan fingerprint density at radius 1 is 1.29 bits per heavy atom. The molecule has 0 heterocycles. The Morgan fingerprint density at radius 3 is 2.59 bits per heavy atom. The molecule has 0 saturated heterocycles. The van der Waals surface area contributed by atoms with E-state index in [-0.39, 0.29) is 17.5 Å². The summed E-state index contributed by atoms with van der Waals surface area (Å²) >= 11 is 0. The van der Waals surface area contributed by atoms with Crippen LogP contribution in [0.4, 0.5) is 4.39 Å². The zero-order valence-corrected chi connectivity index (χ0v) is 9.79. The highest BCUT2D eigenvalue weighted by molar-refractivity contribution is 5.93. The first-order valence-corrected chi connectivity index (χ1v) is 5.46. The summed E-state index contributed by atoms with van der Waals surface area (Å²) < 4.78 is 13.7. The summed E-state index contributed by atoms with van der Waals surface area (Å²) in [6.07, 6.45) is 5.44. The van der Waals surface area contributed by atoms with Crippen LogP contribution in [0.15, 0.2) is 24.3 Å². The van der Waals surface area contributed by atoms with Crippen LogP contribution in [0, 0.1) is 18.2 Å². The molecular weight excluding hydrogens is 215 g/mol. The van der Waals surface area contributed by atoms with Gasteiger partial charge < -0.3 is 5.11 Å². The van der Waals surface area contributed by atoms with E-state index in [4.69, 9.17) is 6.42 Å². The normalized spacial score (nSPS) is 10.8. The number of rotatable bonds is 1. The van der Waals surface area contributed by atoms with Crippen LogP contribution in [0.25, 0.3) is 10.8 Å². The average molecular weight is 228 g/mol. The highest BCUT2D eigenvalue weighted by atomic mass is 19.1. The molecule has 0 unspecified atom stereocenters. The van der Waals surface area contributed by atoms with Crippen LogP contribution in [-0.4, -0.2) is 5.11 Å². The summed E-state index contributed by atoms with van der Waals surface area (Å²) in [6.45, 7) is 3.97.